The molecule has 2 amide bonds. The van der Waals surface area contributed by atoms with Crippen LogP contribution in [-0.2, 0) is 9.59 Å². The summed E-state index contributed by atoms with van der Waals surface area (Å²) in [6.07, 6.45) is 2.68. The number of pyridine rings is 1. The molecule has 0 aliphatic carbocycles. The van der Waals surface area contributed by atoms with Crippen molar-refractivity contribution in [2.75, 3.05) is 25.0 Å². The second-order valence-corrected chi connectivity index (χ2v) is 5.23. The molecule has 1 aliphatic rings. The number of hydrogen-bond acceptors (Lipinski definition) is 4. The molecule has 0 aromatic carbocycles. The molecule has 1 atom stereocenters. The van der Waals surface area contributed by atoms with E-state index in [0.29, 0.717) is 30.2 Å². The minimum Gasteiger partial charge on any atom is -0.354 e. The fourth-order valence-corrected chi connectivity index (χ4v) is 2.13. The van der Waals surface area contributed by atoms with Crippen molar-refractivity contribution in [3.8, 4) is 0 Å². The fraction of sp³-hybridized carbons (Fsp3) is 0.462. The lowest BCUT2D eigenvalue weighted by atomic mass is 10.1. The Morgan fingerprint density at radius 1 is 1.60 bits per heavy atom. The van der Waals surface area contributed by atoms with E-state index in [0.717, 1.165) is 0 Å². The highest BCUT2D eigenvalue weighted by Crippen LogP contribution is 2.12. The first-order valence-electron chi connectivity index (χ1n) is 6.43. The van der Waals surface area contributed by atoms with E-state index in [1.165, 1.54) is 0 Å². The van der Waals surface area contributed by atoms with Crippen LogP contribution in [0, 0.1) is 0 Å². The van der Waals surface area contributed by atoms with E-state index in [-0.39, 0.29) is 24.4 Å². The van der Waals surface area contributed by atoms with Crippen LogP contribution >= 0.6 is 11.6 Å². The normalized spacial score (nSPS) is 18.3. The number of halogens is 1. The number of likely N-dealkylation sites (N-methyl/N-ethyl adjacent to an activating group) is 1. The van der Waals surface area contributed by atoms with Crippen LogP contribution in [0.25, 0.3) is 0 Å². The van der Waals surface area contributed by atoms with Gasteiger partial charge in [0.05, 0.1) is 11.6 Å². The summed E-state index contributed by atoms with van der Waals surface area (Å²) in [6.45, 7) is 0.701. The molecule has 0 saturated carbocycles. The first-order chi connectivity index (χ1) is 9.54. The maximum Gasteiger partial charge on any atom is 0.239 e. The van der Waals surface area contributed by atoms with Gasteiger partial charge in [-0.3, -0.25) is 9.59 Å². The quantitative estimate of drug-likeness (QED) is 0.852. The van der Waals surface area contributed by atoms with Crippen molar-refractivity contribution < 1.29 is 9.59 Å². The number of amides is 2. The van der Waals surface area contributed by atoms with Gasteiger partial charge in [-0.05, 0) is 18.6 Å². The molecule has 7 heteroatoms. The minimum absolute atomic E-state index is 0.00627. The number of nitrogens with zero attached hydrogens (tertiary/aromatic N) is 2. The van der Waals surface area contributed by atoms with E-state index in [1.807, 2.05) is 0 Å². The van der Waals surface area contributed by atoms with Crippen LogP contribution in [0.4, 0.5) is 5.82 Å². The van der Waals surface area contributed by atoms with Gasteiger partial charge in [-0.15, -0.1) is 0 Å². The highest BCUT2D eigenvalue weighted by atomic mass is 35.5. The minimum atomic E-state index is -0.0922. The van der Waals surface area contributed by atoms with E-state index in [4.69, 9.17) is 11.6 Å². The summed E-state index contributed by atoms with van der Waals surface area (Å²) in [7, 11) is 1.79. The highest BCUT2D eigenvalue weighted by Gasteiger charge is 2.20. The van der Waals surface area contributed by atoms with Crippen LogP contribution in [0.5, 0.6) is 0 Å². The number of rotatable bonds is 4. The predicted molar refractivity (Wildman–Crippen MR) is 76.7 cm³/mol. The molecule has 2 heterocycles. The summed E-state index contributed by atoms with van der Waals surface area (Å²) < 4.78 is 0. The second-order valence-electron chi connectivity index (χ2n) is 4.80. The van der Waals surface area contributed by atoms with Crippen LogP contribution in [0.2, 0.25) is 5.02 Å². The van der Waals surface area contributed by atoms with E-state index in [9.17, 15) is 9.59 Å². The SMILES string of the molecule is CN(CC(=O)NC1CCC(=O)NC1)c1ccc(Cl)cn1. The number of carbonyl (C=O) groups excluding carboxylic acids is 2. The van der Waals surface area contributed by atoms with Gasteiger partial charge < -0.3 is 15.5 Å². The Kier molecular flexibility index (Phi) is 4.79. The monoisotopic (exact) mass is 296 g/mol. The Hall–Kier alpha value is -1.82. The summed E-state index contributed by atoms with van der Waals surface area (Å²) in [5.41, 5.74) is 0. The number of hydrogen-bond donors (Lipinski definition) is 2. The molecule has 1 aromatic heterocycles. The lowest BCUT2D eigenvalue weighted by molar-refractivity contribution is -0.125. The van der Waals surface area contributed by atoms with Crippen LogP contribution in [0.15, 0.2) is 18.3 Å². The summed E-state index contributed by atoms with van der Waals surface area (Å²) in [4.78, 5) is 28.8. The van der Waals surface area contributed by atoms with Gasteiger partial charge in [0.1, 0.15) is 5.82 Å². The van der Waals surface area contributed by atoms with Crippen molar-refractivity contribution >= 4 is 29.2 Å². The summed E-state index contributed by atoms with van der Waals surface area (Å²) in [6, 6.07) is 3.50. The van der Waals surface area contributed by atoms with E-state index in [2.05, 4.69) is 15.6 Å². The third-order valence-corrected chi connectivity index (χ3v) is 3.34. The van der Waals surface area contributed by atoms with Crippen LogP contribution in [0.1, 0.15) is 12.8 Å². The number of anilines is 1. The molecule has 2 N–H and O–H groups in total. The molecule has 1 aromatic rings. The number of nitrogens with one attached hydrogen (secondary N) is 2. The molecule has 0 radical (unpaired) electrons. The van der Waals surface area contributed by atoms with E-state index in [1.54, 1.807) is 30.3 Å². The van der Waals surface area contributed by atoms with Crippen molar-refractivity contribution in [2.24, 2.45) is 0 Å². The molecular weight excluding hydrogens is 280 g/mol. The maximum atomic E-state index is 11.9. The van der Waals surface area contributed by atoms with Gasteiger partial charge >= 0.3 is 0 Å². The third kappa shape index (κ3) is 4.09. The summed E-state index contributed by atoms with van der Waals surface area (Å²) >= 11 is 5.77. The zero-order valence-corrected chi connectivity index (χ0v) is 12.0. The Balaban J connectivity index is 1.81. The molecule has 0 bridgehead atoms. The molecule has 20 heavy (non-hydrogen) atoms. The lowest BCUT2D eigenvalue weighted by Crippen LogP contribution is -2.49. The summed E-state index contributed by atoms with van der Waals surface area (Å²) in [5, 5.41) is 6.20. The second kappa shape index (κ2) is 6.56. The van der Waals surface area contributed by atoms with Crippen LogP contribution in [0.3, 0.4) is 0 Å². The molecule has 1 saturated heterocycles. The molecule has 108 valence electrons. The van der Waals surface area contributed by atoms with Gasteiger partial charge in [0, 0.05) is 32.3 Å². The molecule has 2 rings (SSSR count). The maximum absolute atomic E-state index is 11.9. The summed E-state index contributed by atoms with van der Waals surface area (Å²) in [5.74, 6) is 0.630. The van der Waals surface area contributed by atoms with E-state index >= 15 is 0 Å². The molecule has 1 aliphatic heterocycles. The first-order valence-corrected chi connectivity index (χ1v) is 6.81. The van der Waals surface area contributed by atoms with Gasteiger partial charge in [0.15, 0.2) is 0 Å². The predicted octanol–water partition coefficient (Wildman–Crippen LogP) is 0.566. The molecule has 0 spiro atoms. The molecule has 6 nitrogen and oxygen atoms in total. The Morgan fingerprint density at radius 2 is 2.40 bits per heavy atom. The number of carbonyl (C=O) groups is 2. The van der Waals surface area contributed by atoms with E-state index < -0.39 is 0 Å². The average molecular weight is 297 g/mol. The zero-order valence-electron chi connectivity index (χ0n) is 11.2. The van der Waals surface area contributed by atoms with Crippen molar-refractivity contribution in [2.45, 2.75) is 18.9 Å². The van der Waals surface area contributed by atoms with Crippen molar-refractivity contribution in [3.63, 3.8) is 0 Å². The fourth-order valence-electron chi connectivity index (χ4n) is 2.02. The lowest BCUT2D eigenvalue weighted by Gasteiger charge is -2.25. The largest absolute Gasteiger partial charge is 0.354 e. The van der Waals surface area contributed by atoms with Crippen molar-refractivity contribution in [1.82, 2.24) is 15.6 Å². The van der Waals surface area contributed by atoms with Gasteiger partial charge in [-0.25, -0.2) is 4.98 Å². The average Bonchev–Trinajstić information content (AvgIpc) is 2.42. The molecular formula is C13H17ClN4O2. The Morgan fingerprint density at radius 3 is 3.00 bits per heavy atom. The number of aromatic nitrogens is 1. The van der Waals surface area contributed by atoms with Crippen LogP contribution < -0.4 is 15.5 Å². The molecule has 1 unspecified atom stereocenters. The zero-order chi connectivity index (χ0) is 14.5. The smallest absolute Gasteiger partial charge is 0.239 e. The standard InChI is InChI=1S/C13H17ClN4O2/c1-18(11-4-2-9(14)6-15-11)8-13(20)17-10-3-5-12(19)16-7-10/h2,4,6,10H,3,5,7-8H2,1H3,(H,16,19)(H,17,20). The Bertz CT molecular complexity index is 482. The third-order valence-electron chi connectivity index (χ3n) is 3.11. The Labute approximate surface area is 122 Å². The van der Waals surface area contributed by atoms with Crippen molar-refractivity contribution in [3.05, 3.63) is 23.4 Å². The van der Waals surface area contributed by atoms with Gasteiger partial charge in [-0.1, -0.05) is 11.6 Å². The first kappa shape index (κ1) is 14.6. The highest BCUT2D eigenvalue weighted by molar-refractivity contribution is 6.30. The topological polar surface area (TPSA) is 74.3 Å². The number of piperidine rings is 1. The van der Waals surface area contributed by atoms with Gasteiger partial charge in [0.2, 0.25) is 11.8 Å². The van der Waals surface area contributed by atoms with Gasteiger partial charge in [-0.2, -0.15) is 0 Å². The van der Waals surface area contributed by atoms with Crippen LogP contribution in [-0.4, -0.2) is 43.0 Å². The van der Waals surface area contributed by atoms with Crippen molar-refractivity contribution in [1.29, 1.82) is 0 Å². The molecule has 1 fully saturated rings. The van der Waals surface area contributed by atoms with Gasteiger partial charge in [0.25, 0.3) is 0 Å².